The predicted molar refractivity (Wildman–Crippen MR) is 80.6 cm³/mol. The Bertz CT molecular complexity index is 613. The van der Waals surface area contributed by atoms with Crippen molar-refractivity contribution in [1.82, 2.24) is 10.2 Å². The fourth-order valence-corrected chi connectivity index (χ4v) is 2.78. The summed E-state index contributed by atoms with van der Waals surface area (Å²) in [6, 6.07) is 4.20. The molecule has 1 aliphatic rings. The van der Waals surface area contributed by atoms with Gasteiger partial charge in [0.25, 0.3) is 5.91 Å². The van der Waals surface area contributed by atoms with Crippen molar-refractivity contribution in [3.8, 4) is 0 Å². The standard InChI is InChI=1S/C16H19F3N2O3/c1-2-21(9-14(22)23)13-7-12(8-13)20-15(24)10-4-3-5-11(6-10)16(17,18)19/h3-6,12-13H,2,7-9H2,1H3,(H,20,24)(H,22,23). The minimum Gasteiger partial charge on any atom is -0.480 e. The molecule has 0 bridgehead atoms. The van der Waals surface area contributed by atoms with Gasteiger partial charge in [-0.1, -0.05) is 13.0 Å². The van der Waals surface area contributed by atoms with Crippen LogP contribution in [0.2, 0.25) is 0 Å². The number of carbonyl (C=O) groups is 2. The molecule has 0 heterocycles. The van der Waals surface area contributed by atoms with E-state index < -0.39 is 23.6 Å². The Morgan fingerprint density at radius 1 is 1.33 bits per heavy atom. The fraction of sp³-hybridized carbons (Fsp3) is 0.500. The molecule has 1 aliphatic carbocycles. The van der Waals surface area contributed by atoms with E-state index in [1.165, 1.54) is 12.1 Å². The molecule has 0 aliphatic heterocycles. The molecule has 8 heteroatoms. The summed E-state index contributed by atoms with van der Waals surface area (Å²) >= 11 is 0. The topological polar surface area (TPSA) is 69.6 Å². The summed E-state index contributed by atoms with van der Waals surface area (Å²) in [5.41, 5.74) is -0.897. The normalized spacial score (nSPS) is 20.5. The van der Waals surface area contributed by atoms with Crippen molar-refractivity contribution >= 4 is 11.9 Å². The smallest absolute Gasteiger partial charge is 0.416 e. The van der Waals surface area contributed by atoms with Gasteiger partial charge < -0.3 is 10.4 Å². The number of benzene rings is 1. The van der Waals surface area contributed by atoms with E-state index in [4.69, 9.17) is 5.11 Å². The first kappa shape index (κ1) is 18.3. The SMILES string of the molecule is CCN(CC(=O)O)C1CC(NC(=O)c2cccc(C(F)(F)F)c2)C1. The number of aliphatic carboxylic acids is 1. The number of nitrogens with one attached hydrogen (secondary N) is 1. The number of hydrogen-bond donors (Lipinski definition) is 2. The molecular formula is C16H19F3N2O3. The van der Waals surface area contributed by atoms with Crippen LogP contribution in [0.1, 0.15) is 35.7 Å². The molecule has 1 aromatic rings. The minimum atomic E-state index is -4.49. The molecule has 2 rings (SSSR count). The van der Waals surface area contributed by atoms with Gasteiger partial charge in [-0.05, 0) is 37.6 Å². The van der Waals surface area contributed by atoms with Crippen LogP contribution in [-0.4, -0.2) is 47.1 Å². The highest BCUT2D eigenvalue weighted by Crippen LogP contribution is 2.30. The van der Waals surface area contributed by atoms with Crippen molar-refractivity contribution in [2.45, 2.75) is 38.0 Å². The minimum absolute atomic E-state index is 0.0360. The van der Waals surface area contributed by atoms with Gasteiger partial charge >= 0.3 is 12.1 Å². The number of amides is 1. The second-order valence-electron chi connectivity index (χ2n) is 5.83. The Morgan fingerprint density at radius 3 is 2.54 bits per heavy atom. The van der Waals surface area contributed by atoms with Gasteiger partial charge in [0.1, 0.15) is 0 Å². The maximum Gasteiger partial charge on any atom is 0.416 e. The third kappa shape index (κ3) is 4.47. The molecule has 1 saturated carbocycles. The lowest BCUT2D eigenvalue weighted by Gasteiger charge is -2.42. The number of alkyl halides is 3. The van der Waals surface area contributed by atoms with Crippen LogP contribution in [0.4, 0.5) is 13.2 Å². The molecule has 0 atom stereocenters. The first-order valence-electron chi connectivity index (χ1n) is 7.64. The number of rotatable bonds is 6. The lowest BCUT2D eigenvalue weighted by atomic mass is 9.85. The highest BCUT2D eigenvalue weighted by atomic mass is 19.4. The Labute approximate surface area is 137 Å². The third-order valence-corrected chi connectivity index (χ3v) is 4.16. The number of carbonyl (C=O) groups excluding carboxylic acids is 1. The maximum absolute atomic E-state index is 12.7. The Kier molecular flexibility index (Phi) is 5.48. The van der Waals surface area contributed by atoms with Crippen molar-refractivity contribution in [2.24, 2.45) is 0 Å². The molecule has 0 saturated heterocycles. The molecule has 1 aromatic carbocycles. The first-order chi connectivity index (χ1) is 11.2. The van der Waals surface area contributed by atoms with E-state index in [1.807, 2.05) is 6.92 Å². The summed E-state index contributed by atoms with van der Waals surface area (Å²) in [5, 5.41) is 11.5. The van der Waals surface area contributed by atoms with Gasteiger partial charge in [-0.3, -0.25) is 14.5 Å². The van der Waals surface area contributed by atoms with Gasteiger partial charge in [0.15, 0.2) is 0 Å². The van der Waals surface area contributed by atoms with Crippen LogP contribution in [0.5, 0.6) is 0 Å². The zero-order valence-electron chi connectivity index (χ0n) is 13.1. The van der Waals surface area contributed by atoms with Crippen LogP contribution < -0.4 is 5.32 Å². The summed E-state index contributed by atoms with van der Waals surface area (Å²) in [4.78, 5) is 24.6. The van der Waals surface area contributed by atoms with Gasteiger partial charge in [0.05, 0.1) is 12.1 Å². The third-order valence-electron chi connectivity index (χ3n) is 4.16. The van der Waals surface area contributed by atoms with E-state index in [0.29, 0.717) is 19.4 Å². The molecule has 0 radical (unpaired) electrons. The van der Waals surface area contributed by atoms with Crippen molar-refractivity contribution in [2.75, 3.05) is 13.1 Å². The number of nitrogens with zero attached hydrogens (tertiary/aromatic N) is 1. The van der Waals surface area contributed by atoms with Gasteiger partial charge in [0, 0.05) is 17.6 Å². The molecule has 1 fully saturated rings. The molecule has 132 valence electrons. The molecule has 0 unspecified atom stereocenters. The molecule has 0 spiro atoms. The number of carboxylic acids is 1. The average molecular weight is 344 g/mol. The lowest BCUT2D eigenvalue weighted by molar-refractivity contribution is -0.139. The highest BCUT2D eigenvalue weighted by Gasteiger charge is 2.35. The maximum atomic E-state index is 12.7. The fourth-order valence-electron chi connectivity index (χ4n) is 2.78. The molecule has 0 aromatic heterocycles. The second-order valence-corrected chi connectivity index (χ2v) is 5.83. The average Bonchev–Trinajstić information content (AvgIpc) is 2.47. The van der Waals surface area contributed by atoms with Crippen LogP contribution in [0.3, 0.4) is 0 Å². The van der Waals surface area contributed by atoms with Crippen molar-refractivity contribution in [1.29, 1.82) is 0 Å². The zero-order chi connectivity index (χ0) is 17.9. The van der Waals surface area contributed by atoms with Crippen LogP contribution >= 0.6 is 0 Å². The Balaban J connectivity index is 1.90. The highest BCUT2D eigenvalue weighted by molar-refractivity contribution is 5.94. The molecule has 24 heavy (non-hydrogen) atoms. The summed E-state index contributed by atoms with van der Waals surface area (Å²) in [6.07, 6.45) is -3.31. The number of hydrogen-bond acceptors (Lipinski definition) is 3. The van der Waals surface area contributed by atoms with Crippen LogP contribution in [-0.2, 0) is 11.0 Å². The molecular weight excluding hydrogens is 325 g/mol. The molecule has 2 N–H and O–H groups in total. The Morgan fingerprint density at radius 2 is 2.00 bits per heavy atom. The second kappa shape index (κ2) is 7.21. The van der Waals surface area contributed by atoms with Gasteiger partial charge in [-0.25, -0.2) is 0 Å². The summed E-state index contributed by atoms with van der Waals surface area (Å²) in [6.45, 7) is 2.39. The van der Waals surface area contributed by atoms with Gasteiger partial charge in [-0.15, -0.1) is 0 Å². The van der Waals surface area contributed by atoms with E-state index in [0.717, 1.165) is 12.1 Å². The number of carboxylic acid groups (broad SMARTS) is 1. The van der Waals surface area contributed by atoms with Crippen molar-refractivity contribution in [3.63, 3.8) is 0 Å². The summed E-state index contributed by atoms with van der Waals surface area (Å²) in [5.74, 6) is -1.46. The molecule has 5 nitrogen and oxygen atoms in total. The van der Waals surface area contributed by atoms with E-state index in [-0.39, 0.29) is 24.2 Å². The quantitative estimate of drug-likeness (QED) is 0.831. The van der Waals surface area contributed by atoms with Crippen LogP contribution in [0.25, 0.3) is 0 Å². The zero-order valence-corrected chi connectivity index (χ0v) is 13.1. The van der Waals surface area contributed by atoms with Gasteiger partial charge in [-0.2, -0.15) is 13.2 Å². The number of likely N-dealkylation sites (N-methyl/N-ethyl adjacent to an activating group) is 1. The van der Waals surface area contributed by atoms with E-state index in [2.05, 4.69) is 5.32 Å². The largest absolute Gasteiger partial charge is 0.480 e. The van der Waals surface area contributed by atoms with E-state index >= 15 is 0 Å². The van der Waals surface area contributed by atoms with E-state index in [1.54, 1.807) is 4.90 Å². The van der Waals surface area contributed by atoms with Crippen LogP contribution in [0, 0.1) is 0 Å². The monoisotopic (exact) mass is 344 g/mol. The van der Waals surface area contributed by atoms with Gasteiger partial charge in [0.2, 0.25) is 0 Å². The number of halogens is 3. The summed E-state index contributed by atoms with van der Waals surface area (Å²) in [7, 11) is 0. The first-order valence-corrected chi connectivity index (χ1v) is 7.64. The lowest BCUT2D eigenvalue weighted by Crippen LogP contribution is -2.54. The molecule has 1 amide bonds. The van der Waals surface area contributed by atoms with Crippen LogP contribution in [0.15, 0.2) is 24.3 Å². The predicted octanol–water partition coefficient (Wildman–Crippen LogP) is 2.37. The Hall–Kier alpha value is -2.09. The van der Waals surface area contributed by atoms with E-state index in [9.17, 15) is 22.8 Å². The van der Waals surface area contributed by atoms with Crippen molar-refractivity contribution < 1.29 is 27.9 Å². The van der Waals surface area contributed by atoms with Crippen molar-refractivity contribution in [3.05, 3.63) is 35.4 Å². The summed E-state index contributed by atoms with van der Waals surface area (Å²) < 4.78 is 38.0.